The summed E-state index contributed by atoms with van der Waals surface area (Å²) in [6.45, 7) is 3.42. The number of carbonyl (C=O) groups is 2. The number of halogens is 2. The first kappa shape index (κ1) is 20.1. The number of thioether (sulfide) groups is 1. The maximum atomic E-state index is 12.3. The van der Waals surface area contributed by atoms with E-state index in [0.717, 1.165) is 9.75 Å². The summed E-state index contributed by atoms with van der Waals surface area (Å²) >= 11 is 1.96. The molecule has 0 aliphatic rings. The molecule has 4 nitrogen and oxygen atoms in total. The number of hydrogen-bond acceptors (Lipinski definition) is 5. The van der Waals surface area contributed by atoms with E-state index in [1.54, 1.807) is 6.08 Å². The largest absolute Gasteiger partial charge is 0.449 e. The predicted octanol–water partition coefficient (Wildman–Crippen LogP) is 4.95. The van der Waals surface area contributed by atoms with Crippen molar-refractivity contribution in [3.8, 4) is 0 Å². The zero-order valence-electron chi connectivity index (χ0n) is 14.1. The van der Waals surface area contributed by atoms with Gasteiger partial charge in [-0.25, -0.2) is 4.79 Å². The zero-order chi connectivity index (χ0) is 19.1. The number of carbonyl (C=O) groups excluding carboxylic acids is 2. The first-order valence-electron chi connectivity index (χ1n) is 7.64. The number of alkyl halides is 2. The van der Waals surface area contributed by atoms with Crippen LogP contribution in [0.5, 0.6) is 0 Å². The van der Waals surface area contributed by atoms with Crippen molar-refractivity contribution >= 4 is 46.7 Å². The van der Waals surface area contributed by atoms with E-state index < -0.39 is 23.7 Å². The van der Waals surface area contributed by atoms with Gasteiger partial charge in [-0.1, -0.05) is 11.8 Å². The lowest BCUT2D eigenvalue weighted by molar-refractivity contribution is -0.148. The average Bonchev–Trinajstić information content (AvgIpc) is 2.99. The fraction of sp³-hybridized carbons (Fsp3) is 0.222. The molecule has 1 aromatic carbocycles. The van der Waals surface area contributed by atoms with E-state index in [1.807, 2.05) is 19.1 Å². The summed E-state index contributed by atoms with van der Waals surface area (Å²) in [5.41, 5.74) is 0.432. The van der Waals surface area contributed by atoms with Gasteiger partial charge in [0.15, 0.2) is 6.10 Å². The molecule has 0 saturated carbocycles. The molecule has 0 aliphatic heterocycles. The molecule has 2 rings (SSSR count). The third kappa shape index (κ3) is 6.61. The van der Waals surface area contributed by atoms with Crippen LogP contribution in [0.4, 0.5) is 14.5 Å². The molecule has 1 amide bonds. The van der Waals surface area contributed by atoms with Crippen LogP contribution in [-0.4, -0.2) is 23.7 Å². The number of esters is 1. The van der Waals surface area contributed by atoms with Crippen molar-refractivity contribution < 1.29 is 23.1 Å². The highest BCUT2D eigenvalue weighted by Gasteiger charge is 2.17. The molecule has 1 N–H and O–H groups in total. The van der Waals surface area contributed by atoms with E-state index in [4.69, 9.17) is 4.74 Å². The predicted molar refractivity (Wildman–Crippen MR) is 101 cm³/mol. The van der Waals surface area contributed by atoms with Crippen molar-refractivity contribution in [1.29, 1.82) is 0 Å². The molecular weight excluding hydrogens is 380 g/mol. The molecule has 0 spiro atoms. The first-order chi connectivity index (χ1) is 12.3. The Morgan fingerprint density at radius 2 is 1.88 bits per heavy atom. The topological polar surface area (TPSA) is 55.4 Å². The van der Waals surface area contributed by atoms with Gasteiger partial charge >= 0.3 is 5.97 Å². The van der Waals surface area contributed by atoms with E-state index in [2.05, 4.69) is 5.32 Å². The normalized spacial score (nSPS) is 12.3. The Kier molecular flexibility index (Phi) is 7.35. The van der Waals surface area contributed by atoms with Crippen molar-refractivity contribution in [3.63, 3.8) is 0 Å². The molecule has 8 heteroatoms. The molecule has 1 atom stereocenters. The standard InChI is InChI=1S/C18H17F2NO3S2/c1-11-3-6-14(25-11)9-10-16(22)24-12(2)17(23)21-13-4-7-15(8-5-13)26-18(19)20/h3-10,12,18H,1-2H3,(H,21,23)/b10-9+/t12-/m1/s1. The molecule has 0 aliphatic carbocycles. The van der Waals surface area contributed by atoms with E-state index >= 15 is 0 Å². The number of ether oxygens (including phenoxy) is 1. The van der Waals surface area contributed by atoms with Crippen LogP contribution in [0.25, 0.3) is 6.08 Å². The minimum atomic E-state index is -2.50. The Morgan fingerprint density at radius 1 is 1.19 bits per heavy atom. The fourth-order valence-corrected chi connectivity index (χ4v) is 3.20. The van der Waals surface area contributed by atoms with Gasteiger partial charge in [-0.05, 0) is 56.3 Å². The highest BCUT2D eigenvalue weighted by atomic mass is 32.2. The summed E-state index contributed by atoms with van der Waals surface area (Å²) in [4.78, 5) is 26.3. The second-order valence-electron chi connectivity index (χ2n) is 5.25. The summed E-state index contributed by atoms with van der Waals surface area (Å²) in [6.07, 6.45) is 1.91. The average molecular weight is 397 g/mol. The van der Waals surface area contributed by atoms with Crippen molar-refractivity contribution in [2.24, 2.45) is 0 Å². The van der Waals surface area contributed by atoms with E-state index in [-0.39, 0.29) is 0 Å². The number of hydrogen-bond donors (Lipinski definition) is 1. The molecule has 0 radical (unpaired) electrons. The van der Waals surface area contributed by atoms with Crippen molar-refractivity contribution in [2.45, 2.75) is 30.6 Å². The molecule has 0 saturated heterocycles. The van der Waals surface area contributed by atoms with Crippen molar-refractivity contribution in [3.05, 3.63) is 52.2 Å². The molecule has 26 heavy (non-hydrogen) atoms. The third-order valence-corrected chi connectivity index (χ3v) is 4.84. The van der Waals surface area contributed by atoms with Gasteiger partial charge in [-0.2, -0.15) is 8.78 Å². The number of aryl methyl sites for hydroxylation is 1. The Bertz CT molecular complexity index is 788. The minimum absolute atomic E-state index is 0.395. The Morgan fingerprint density at radius 3 is 2.46 bits per heavy atom. The second kappa shape index (κ2) is 9.49. The van der Waals surface area contributed by atoms with Crippen molar-refractivity contribution in [1.82, 2.24) is 0 Å². The van der Waals surface area contributed by atoms with Crippen LogP contribution in [0.2, 0.25) is 0 Å². The number of rotatable bonds is 7. The van der Waals surface area contributed by atoms with E-state index in [9.17, 15) is 18.4 Å². The van der Waals surface area contributed by atoms with Gasteiger partial charge in [-0.3, -0.25) is 4.79 Å². The smallest absolute Gasteiger partial charge is 0.331 e. The summed E-state index contributed by atoms with van der Waals surface area (Å²) < 4.78 is 29.6. The maximum absolute atomic E-state index is 12.3. The summed E-state index contributed by atoms with van der Waals surface area (Å²) in [5, 5.41) is 2.57. The van der Waals surface area contributed by atoms with Gasteiger partial charge in [0.25, 0.3) is 11.7 Å². The highest BCUT2D eigenvalue weighted by molar-refractivity contribution is 7.99. The molecule has 138 valence electrons. The van der Waals surface area contributed by atoms with Crippen LogP contribution >= 0.6 is 23.1 Å². The van der Waals surface area contributed by atoms with E-state index in [0.29, 0.717) is 22.3 Å². The lowest BCUT2D eigenvalue weighted by Gasteiger charge is -2.12. The number of amides is 1. The van der Waals surface area contributed by atoms with Gasteiger partial charge in [0.05, 0.1) is 0 Å². The molecule has 0 fully saturated rings. The minimum Gasteiger partial charge on any atom is -0.449 e. The quantitative estimate of drug-likeness (QED) is 0.408. The SMILES string of the molecule is Cc1ccc(/C=C/C(=O)O[C@H](C)C(=O)Nc2ccc(SC(F)F)cc2)s1. The summed E-state index contributed by atoms with van der Waals surface area (Å²) in [5.74, 6) is -3.63. The second-order valence-corrected chi connectivity index (χ2v) is 7.64. The van der Waals surface area contributed by atoms with Crippen LogP contribution in [0, 0.1) is 6.92 Å². The van der Waals surface area contributed by atoms with Gasteiger partial charge in [0, 0.05) is 26.4 Å². The van der Waals surface area contributed by atoms with Gasteiger partial charge < -0.3 is 10.1 Å². The molecule has 2 aromatic rings. The van der Waals surface area contributed by atoms with Crippen LogP contribution in [0.1, 0.15) is 16.7 Å². The monoisotopic (exact) mass is 397 g/mol. The number of anilines is 1. The van der Waals surface area contributed by atoms with Crippen LogP contribution in [-0.2, 0) is 14.3 Å². The lowest BCUT2D eigenvalue weighted by atomic mass is 10.3. The molecule has 1 aromatic heterocycles. The van der Waals surface area contributed by atoms with Gasteiger partial charge in [0.2, 0.25) is 0 Å². The van der Waals surface area contributed by atoms with Crippen LogP contribution in [0.3, 0.4) is 0 Å². The van der Waals surface area contributed by atoms with Crippen LogP contribution < -0.4 is 5.32 Å². The molecular formula is C18H17F2NO3S2. The van der Waals surface area contributed by atoms with Crippen LogP contribution in [0.15, 0.2) is 47.4 Å². The Labute approximate surface area is 158 Å². The summed E-state index contributed by atoms with van der Waals surface area (Å²) in [6, 6.07) is 9.81. The number of benzene rings is 1. The Hall–Kier alpha value is -2.19. The number of nitrogens with one attached hydrogen (secondary N) is 1. The highest BCUT2D eigenvalue weighted by Crippen LogP contribution is 2.26. The molecule has 1 heterocycles. The fourth-order valence-electron chi connectivity index (χ4n) is 1.92. The van der Waals surface area contributed by atoms with Gasteiger partial charge in [0.1, 0.15) is 0 Å². The summed E-state index contributed by atoms with van der Waals surface area (Å²) in [7, 11) is 0. The maximum Gasteiger partial charge on any atom is 0.331 e. The lowest BCUT2D eigenvalue weighted by Crippen LogP contribution is -2.29. The third-order valence-electron chi connectivity index (χ3n) is 3.15. The first-order valence-corrected chi connectivity index (χ1v) is 9.34. The molecule has 0 unspecified atom stereocenters. The van der Waals surface area contributed by atoms with Gasteiger partial charge in [-0.15, -0.1) is 11.3 Å². The molecule has 0 bridgehead atoms. The Balaban J connectivity index is 1.84. The van der Waals surface area contributed by atoms with Crippen molar-refractivity contribution in [2.75, 3.05) is 5.32 Å². The zero-order valence-corrected chi connectivity index (χ0v) is 15.7. The van der Waals surface area contributed by atoms with E-state index in [1.165, 1.54) is 48.6 Å². The number of thiophene rings is 1.